The number of ether oxygens (including phenoxy) is 3. The van der Waals surface area contributed by atoms with E-state index in [-0.39, 0.29) is 59.8 Å². The summed E-state index contributed by atoms with van der Waals surface area (Å²) in [5.74, 6) is -1.11. The number of anilines is 1. The SMILES string of the molecule is CCn1nc(C(=O)O)c(C)c1Oc1ccc(NC(=O)c2cccc(OC)c2)cc1S(=O)(=O)N1CCOCC1. The normalized spacial score (nSPS) is 14.2. The van der Waals surface area contributed by atoms with Crippen molar-refractivity contribution >= 4 is 27.6 Å². The van der Waals surface area contributed by atoms with Crippen LogP contribution in [-0.4, -0.2) is 72.9 Å². The summed E-state index contributed by atoms with van der Waals surface area (Å²) in [6.45, 7) is 4.37. The topological polar surface area (TPSA) is 149 Å². The Hall–Kier alpha value is -3.94. The van der Waals surface area contributed by atoms with E-state index in [9.17, 15) is 23.1 Å². The third-order valence-corrected chi connectivity index (χ3v) is 7.88. The summed E-state index contributed by atoms with van der Waals surface area (Å²) >= 11 is 0. The van der Waals surface area contributed by atoms with Crippen molar-refractivity contribution in [3.63, 3.8) is 0 Å². The number of amides is 1. The molecule has 0 bridgehead atoms. The standard InChI is InChI=1S/C25H28N4O8S/c1-4-29-24(16(2)22(27-29)25(31)32)37-20-9-8-18(26-23(30)17-6-5-7-19(14-17)35-3)15-21(20)38(33,34)28-10-12-36-13-11-28/h5-9,14-15H,4,10-13H2,1-3H3,(H,26,30)(H,31,32). The van der Waals surface area contributed by atoms with E-state index in [2.05, 4.69) is 10.4 Å². The lowest BCUT2D eigenvalue weighted by atomic mass is 10.2. The maximum atomic E-state index is 13.7. The zero-order chi connectivity index (χ0) is 27.4. The summed E-state index contributed by atoms with van der Waals surface area (Å²) < 4.78 is 46.5. The van der Waals surface area contributed by atoms with Gasteiger partial charge < -0.3 is 24.6 Å². The molecule has 1 aromatic heterocycles. The van der Waals surface area contributed by atoms with E-state index in [4.69, 9.17) is 14.2 Å². The van der Waals surface area contributed by atoms with Crippen LogP contribution in [0.1, 0.15) is 33.3 Å². The fourth-order valence-corrected chi connectivity index (χ4v) is 5.50. The summed E-state index contributed by atoms with van der Waals surface area (Å²) in [5, 5.41) is 16.2. The number of sulfonamides is 1. The Morgan fingerprint density at radius 2 is 1.89 bits per heavy atom. The Morgan fingerprint density at radius 3 is 2.55 bits per heavy atom. The molecule has 202 valence electrons. The number of aromatic nitrogens is 2. The fourth-order valence-electron chi connectivity index (χ4n) is 3.95. The molecule has 0 saturated carbocycles. The summed E-state index contributed by atoms with van der Waals surface area (Å²) in [4.78, 5) is 24.3. The van der Waals surface area contributed by atoms with E-state index in [0.29, 0.717) is 17.9 Å². The van der Waals surface area contributed by atoms with Crippen molar-refractivity contribution in [2.45, 2.75) is 25.3 Å². The number of benzene rings is 2. The van der Waals surface area contributed by atoms with Crippen molar-refractivity contribution in [3.8, 4) is 17.4 Å². The minimum absolute atomic E-state index is 0.0366. The van der Waals surface area contributed by atoms with E-state index in [0.717, 1.165) is 0 Å². The van der Waals surface area contributed by atoms with E-state index < -0.39 is 21.9 Å². The molecule has 2 heterocycles. The Balaban J connectivity index is 1.75. The zero-order valence-corrected chi connectivity index (χ0v) is 21.9. The lowest BCUT2D eigenvalue weighted by Gasteiger charge is -2.27. The number of carbonyl (C=O) groups excluding carboxylic acids is 1. The van der Waals surface area contributed by atoms with Gasteiger partial charge in [0.1, 0.15) is 16.4 Å². The molecule has 2 aromatic carbocycles. The van der Waals surface area contributed by atoms with E-state index in [1.54, 1.807) is 31.2 Å². The van der Waals surface area contributed by atoms with Gasteiger partial charge in [-0.1, -0.05) is 6.07 Å². The lowest BCUT2D eigenvalue weighted by Crippen LogP contribution is -2.40. The van der Waals surface area contributed by atoms with Crippen LogP contribution >= 0.6 is 0 Å². The predicted molar refractivity (Wildman–Crippen MR) is 137 cm³/mol. The van der Waals surface area contributed by atoms with E-state index in [1.165, 1.54) is 41.2 Å². The number of hydrogen-bond donors (Lipinski definition) is 2. The maximum Gasteiger partial charge on any atom is 0.356 e. The van der Waals surface area contributed by atoms with Crippen LogP contribution in [0.15, 0.2) is 47.4 Å². The second-order valence-electron chi connectivity index (χ2n) is 8.37. The van der Waals surface area contributed by atoms with Gasteiger partial charge in [0.25, 0.3) is 5.91 Å². The molecule has 38 heavy (non-hydrogen) atoms. The predicted octanol–water partition coefficient (Wildman–Crippen LogP) is 2.98. The molecule has 2 N–H and O–H groups in total. The summed E-state index contributed by atoms with van der Waals surface area (Å²) in [6.07, 6.45) is 0. The average Bonchev–Trinajstić information content (AvgIpc) is 3.25. The van der Waals surface area contributed by atoms with Crippen molar-refractivity contribution in [3.05, 3.63) is 59.3 Å². The maximum absolute atomic E-state index is 13.7. The first-order chi connectivity index (χ1) is 18.1. The van der Waals surface area contributed by atoms with Gasteiger partial charge in [-0.25, -0.2) is 17.9 Å². The highest BCUT2D eigenvalue weighted by Gasteiger charge is 2.31. The number of methoxy groups -OCH3 is 1. The van der Waals surface area contributed by atoms with Crippen molar-refractivity contribution < 1.29 is 37.3 Å². The number of aromatic carboxylic acids is 1. The van der Waals surface area contributed by atoms with E-state index in [1.807, 2.05) is 0 Å². The first kappa shape index (κ1) is 27.1. The second kappa shape index (κ2) is 11.2. The van der Waals surface area contributed by atoms with Crippen LogP contribution in [0.4, 0.5) is 5.69 Å². The number of hydrogen-bond acceptors (Lipinski definition) is 8. The highest BCUT2D eigenvalue weighted by atomic mass is 32.2. The van der Waals surface area contributed by atoms with Crippen LogP contribution in [0.5, 0.6) is 17.4 Å². The molecule has 3 aromatic rings. The van der Waals surface area contributed by atoms with Crippen LogP contribution in [0.3, 0.4) is 0 Å². The Labute approximate surface area is 219 Å². The smallest absolute Gasteiger partial charge is 0.356 e. The number of rotatable bonds is 9. The molecular formula is C25H28N4O8S. The summed E-state index contributed by atoms with van der Waals surface area (Å²) in [5.41, 5.74) is 0.612. The molecule has 1 amide bonds. The Morgan fingerprint density at radius 1 is 1.16 bits per heavy atom. The zero-order valence-electron chi connectivity index (χ0n) is 21.1. The number of nitrogens with zero attached hydrogens (tertiary/aromatic N) is 3. The first-order valence-corrected chi connectivity index (χ1v) is 13.3. The summed E-state index contributed by atoms with van der Waals surface area (Å²) in [6, 6.07) is 10.8. The van der Waals surface area contributed by atoms with Gasteiger partial charge in [-0.3, -0.25) is 4.79 Å². The molecule has 0 aliphatic carbocycles. The van der Waals surface area contributed by atoms with Gasteiger partial charge in [0.05, 0.1) is 20.3 Å². The number of carbonyl (C=O) groups is 2. The molecule has 0 spiro atoms. The second-order valence-corrected chi connectivity index (χ2v) is 10.3. The highest BCUT2D eigenvalue weighted by molar-refractivity contribution is 7.89. The molecule has 1 fully saturated rings. The molecule has 1 saturated heterocycles. The fraction of sp³-hybridized carbons (Fsp3) is 0.320. The number of aryl methyl sites for hydroxylation is 1. The monoisotopic (exact) mass is 544 g/mol. The molecule has 13 heteroatoms. The van der Waals surface area contributed by atoms with Crippen molar-refractivity contribution in [2.24, 2.45) is 0 Å². The number of nitrogens with one attached hydrogen (secondary N) is 1. The van der Waals surface area contributed by atoms with Gasteiger partial charge in [-0.2, -0.15) is 9.40 Å². The third-order valence-electron chi connectivity index (χ3n) is 5.96. The van der Waals surface area contributed by atoms with Crippen LogP contribution in [0.25, 0.3) is 0 Å². The molecule has 1 aliphatic rings. The third kappa shape index (κ3) is 5.49. The molecule has 12 nitrogen and oxygen atoms in total. The Bertz CT molecular complexity index is 1460. The molecule has 0 radical (unpaired) electrons. The molecule has 0 unspecified atom stereocenters. The van der Waals surface area contributed by atoms with Crippen molar-refractivity contribution in [2.75, 3.05) is 38.7 Å². The van der Waals surface area contributed by atoms with E-state index >= 15 is 0 Å². The molecule has 4 rings (SSSR count). The molecule has 0 atom stereocenters. The average molecular weight is 545 g/mol. The van der Waals surface area contributed by atoms with Gasteiger partial charge in [0, 0.05) is 36.4 Å². The lowest BCUT2D eigenvalue weighted by molar-refractivity contribution is 0.0688. The number of morpholine rings is 1. The van der Waals surface area contributed by atoms with Gasteiger partial charge >= 0.3 is 5.97 Å². The Kier molecular flexibility index (Phi) is 7.99. The van der Waals surface area contributed by atoms with Gasteiger partial charge in [0.15, 0.2) is 5.69 Å². The van der Waals surface area contributed by atoms with Crippen LogP contribution in [-0.2, 0) is 21.3 Å². The molecular weight excluding hydrogens is 516 g/mol. The van der Waals surface area contributed by atoms with Gasteiger partial charge in [-0.15, -0.1) is 0 Å². The number of carboxylic acid groups (broad SMARTS) is 1. The van der Waals surface area contributed by atoms with Crippen molar-refractivity contribution in [1.29, 1.82) is 0 Å². The largest absolute Gasteiger partial charge is 0.497 e. The minimum Gasteiger partial charge on any atom is -0.497 e. The van der Waals surface area contributed by atoms with Crippen LogP contribution in [0, 0.1) is 6.92 Å². The highest BCUT2D eigenvalue weighted by Crippen LogP contribution is 2.35. The quantitative estimate of drug-likeness (QED) is 0.414. The first-order valence-electron chi connectivity index (χ1n) is 11.8. The van der Waals surface area contributed by atoms with Crippen LogP contribution < -0.4 is 14.8 Å². The number of carboxylic acids is 1. The van der Waals surface area contributed by atoms with Gasteiger partial charge in [-0.05, 0) is 50.2 Å². The molecule has 1 aliphatic heterocycles. The van der Waals surface area contributed by atoms with Crippen LogP contribution in [0.2, 0.25) is 0 Å². The summed E-state index contributed by atoms with van der Waals surface area (Å²) in [7, 11) is -2.59. The van der Waals surface area contributed by atoms with Crippen molar-refractivity contribution in [1.82, 2.24) is 14.1 Å². The minimum atomic E-state index is -4.08. The van der Waals surface area contributed by atoms with Gasteiger partial charge in [0.2, 0.25) is 15.9 Å².